The van der Waals surface area contributed by atoms with E-state index in [0.717, 1.165) is 11.2 Å². The van der Waals surface area contributed by atoms with Gasteiger partial charge in [-0.2, -0.15) is 0 Å². The number of pyridine rings is 1. The van der Waals surface area contributed by atoms with Crippen LogP contribution in [0.25, 0.3) is 5.65 Å². The Morgan fingerprint density at radius 2 is 1.95 bits per heavy atom. The van der Waals surface area contributed by atoms with Gasteiger partial charge in [-0.15, -0.1) is 0 Å². The topological polar surface area (TPSA) is 54.6 Å². The second-order valence-electron chi connectivity index (χ2n) is 4.38. The first-order chi connectivity index (χ1) is 9.22. The molecule has 0 radical (unpaired) electrons. The third-order valence-corrected chi connectivity index (χ3v) is 3.00. The summed E-state index contributed by atoms with van der Waals surface area (Å²) in [7, 11) is 0. The number of benzene rings is 1. The molecule has 94 valence electrons. The summed E-state index contributed by atoms with van der Waals surface area (Å²) in [5.41, 5.74) is 2.40. The fourth-order valence-corrected chi connectivity index (χ4v) is 2.01. The Kier molecular flexibility index (Phi) is 2.76. The van der Waals surface area contributed by atoms with Gasteiger partial charge in [-0.05, 0) is 35.9 Å². The molecule has 0 aliphatic heterocycles. The van der Waals surface area contributed by atoms with Crippen molar-refractivity contribution in [1.82, 2.24) is 9.38 Å². The van der Waals surface area contributed by atoms with E-state index in [2.05, 4.69) is 4.98 Å². The Morgan fingerprint density at radius 1 is 1.16 bits per heavy atom. The zero-order valence-electron chi connectivity index (χ0n) is 10.2. The molecule has 0 aliphatic rings. The van der Waals surface area contributed by atoms with Gasteiger partial charge in [0.1, 0.15) is 11.4 Å². The van der Waals surface area contributed by atoms with Crippen molar-refractivity contribution in [2.75, 3.05) is 0 Å². The molecule has 0 spiro atoms. The van der Waals surface area contributed by atoms with Crippen LogP contribution in [0.5, 0.6) is 5.75 Å². The fraction of sp³-hybridized carbons (Fsp3) is 0.0667. The molecule has 3 rings (SSSR count). The number of aromatic hydroxyl groups is 1. The number of hydrogen-bond donors (Lipinski definition) is 1. The van der Waals surface area contributed by atoms with Gasteiger partial charge in [0.15, 0.2) is 5.78 Å². The van der Waals surface area contributed by atoms with Crippen LogP contribution in [0.15, 0.2) is 55.0 Å². The van der Waals surface area contributed by atoms with Gasteiger partial charge in [0.2, 0.25) is 0 Å². The smallest absolute Gasteiger partial charge is 0.167 e. The number of ketones is 1. The SMILES string of the molecule is O=C(Cc1ccc2nccn2c1)c1ccc(O)cc1. The molecule has 0 fully saturated rings. The lowest BCUT2D eigenvalue weighted by molar-refractivity contribution is 0.0993. The van der Waals surface area contributed by atoms with E-state index in [0.29, 0.717) is 12.0 Å². The highest BCUT2D eigenvalue weighted by atomic mass is 16.3. The van der Waals surface area contributed by atoms with Crippen molar-refractivity contribution in [3.8, 4) is 5.75 Å². The average Bonchev–Trinajstić information content (AvgIpc) is 2.87. The van der Waals surface area contributed by atoms with Crippen LogP contribution in [0.1, 0.15) is 15.9 Å². The van der Waals surface area contributed by atoms with Gasteiger partial charge in [0.25, 0.3) is 0 Å². The van der Waals surface area contributed by atoms with E-state index in [9.17, 15) is 9.90 Å². The zero-order chi connectivity index (χ0) is 13.2. The van der Waals surface area contributed by atoms with E-state index in [1.54, 1.807) is 18.3 Å². The lowest BCUT2D eigenvalue weighted by atomic mass is 10.0. The highest BCUT2D eigenvalue weighted by Gasteiger charge is 2.07. The third kappa shape index (κ3) is 2.33. The predicted molar refractivity (Wildman–Crippen MR) is 71.3 cm³/mol. The van der Waals surface area contributed by atoms with Crippen LogP contribution in [-0.4, -0.2) is 20.3 Å². The van der Waals surface area contributed by atoms with Gasteiger partial charge in [-0.1, -0.05) is 6.07 Å². The standard InChI is InChI=1S/C15H12N2O2/c18-13-4-2-12(3-5-13)14(19)9-11-1-6-15-16-7-8-17(15)10-11/h1-8,10,18H,9H2. The minimum absolute atomic E-state index is 0.0273. The number of phenolic OH excluding ortho intramolecular Hbond substituents is 1. The quantitative estimate of drug-likeness (QED) is 0.728. The number of aromatic nitrogens is 2. The Morgan fingerprint density at radius 3 is 2.74 bits per heavy atom. The van der Waals surface area contributed by atoms with Crippen LogP contribution in [0.2, 0.25) is 0 Å². The lowest BCUT2D eigenvalue weighted by Crippen LogP contribution is -2.04. The number of hydrogen-bond acceptors (Lipinski definition) is 3. The normalized spacial score (nSPS) is 10.7. The monoisotopic (exact) mass is 252 g/mol. The van der Waals surface area contributed by atoms with Crippen molar-refractivity contribution in [3.05, 3.63) is 66.1 Å². The van der Waals surface area contributed by atoms with Crippen molar-refractivity contribution in [1.29, 1.82) is 0 Å². The molecule has 3 aromatic rings. The number of carbonyl (C=O) groups excluding carboxylic acids is 1. The molecule has 0 amide bonds. The molecule has 2 aromatic heterocycles. The number of fused-ring (bicyclic) bond motifs is 1. The van der Waals surface area contributed by atoms with Gasteiger partial charge in [0.05, 0.1) is 0 Å². The Labute approximate surface area is 110 Å². The highest BCUT2D eigenvalue weighted by Crippen LogP contribution is 2.13. The molecule has 4 heteroatoms. The molecule has 0 unspecified atom stereocenters. The summed E-state index contributed by atoms with van der Waals surface area (Å²) < 4.78 is 1.89. The zero-order valence-corrected chi connectivity index (χ0v) is 10.2. The molecular weight excluding hydrogens is 240 g/mol. The maximum Gasteiger partial charge on any atom is 0.167 e. The van der Waals surface area contributed by atoms with Crippen LogP contribution in [0, 0.1) is 0 Å². The van der Waals surface area contributed by atoms with Gasteiger partial charge in [-0.3, -0.25) is 4.79 Å². The summed E-state index contributed by atoms with van der Waals surface area (Å²) in [5.74, 6) is 0.191. The average molecular weight is 252 g/mol. The minimum Gasteiger partial charge on any atom is -0.508 e. The molecule has 0 atom stereocenters. The number of phenols is 1. The molecule has 0 saturated carbocycles. The Bertz CT molecular complexity index is 729. The van der Waals surface area contributed by atoms with Crippen LogP contribution in [0.4, 0.5) is 0 Å². The van der Waals surface area contributed by atoms with Crippen LogP contribution >= 0.6 is 0 Å². The molecule has 0 aliphatic carbocycles. The summed E-state index contributed by atoms with van der Waals surface area (Å²) >= 11 is 0. The van der Waals surface area contributed by atoms with E-state index in [1.807, 2.05) is 28.9 Å². The summed E-state index contributed by atoms with van der Waals surface area (Å²) in [5, 5.41) is 9.20. The van der Waals surface area contributed by atoms with Crippen molar-refractivity contribution in [3.63, 3.8) is 0 Å². The molecule has 1 aromatic carbocycles. The highest BCUT2D eigenvalue weighted by molar-refractivity contribution is 5.97. The van der Waals surface area contributed by atoms with Crippen LogP contribution in [0.3, 0.4) is 0 Å². The van der Waals surface area contributed by atoms with E-state index in [1.165, 1.54) is 12.1 Å². The Balaban J connectivity index is 1.83. The lowest BCUT2D eigenvalue weighted by Gasteiger charge is -2.03. The van der Waals surface area contributed by atoms with E-state index < -0.39 is 0 Å². The molecule has 0 bridgehead atoms. The van der Waals surface area contributed by atoms with Crippen LogP contribution in [-0.2, 0) is 6.42 Å². The third-order valence-electron chi connectivity index (χ3n) is 3.00. The predicted octanol–water partition coefficient (Wildman–Crippen LogP) is 2.47. The number of nitrogens with zero attached hydrogens (tertiary/aromatic N) is 2. The van der Waals surface area contributed by atoms with Crippen LogP contribution < -0.4 is 0 Å². The number of imidazole rings is 1. The Hall–Kier alpha value is -2.62. The number of carbonyl (C=O) groups is 1. The number of Topliss-reactive ketones (excluding diaryl/α,β-unsaturated/α-hetero) is 1. The van der Waals surface area contributed by atoms with E-state index >= 15 is 0 Å². The van der Waals surface area contributed by atoms with E-state index in [-0.39, 0.29) is 11.5 Å². The second-order valence-corrected chi connectivity index (χ2v) is 4.38. The van der Waals surface area contributed by atoms with E-state index in [4.69, 9.17) is 0 Å². The van der Waals surface area contributed by atoms with Crippen molar-refractivity contribution in [2.24, 2.45) is 0 Å². The maximum atomic E-state index is 12.1. The molecule has 1 N–H and O–H groups in total. The first-order valence-electron chi connectivity index (χ1n) is 5.96. The van der Waals surface area contributed by atoms with Crippen molar-refractivity contribution in [2.45, 2.75) is 6.42 Å². The summed E-state index contributed by atoms with van der Waals surface area (Å²) in [6.45, 7) is 0. The van der Waals surface area contributed by atoms with Gasteiger partial charge in [0, 0.05) is 30.6 Å². The summed E-state index contributed by atoms with van der Waals surface area (Å²) in [6, 6.07) is 10.1. The fourth-order valence-electron chi connectivity index (χ4n) is 2.01. The van der Waals surface area contributed by atoms with Gasteiger partial charge < -0.3 is 9.51 Å². The largest absolute Gasteiger partial charge is 0.508 e. The summed E-state index contributed by atoms with van der Waals surface area (Å²) in [4.78, 5) is 16.3. The summed E-state index contributed by atoms with van der Waals surface area (Å²) in [6.07, 6.45) is 5.81. The minimum atomic E-state index is 0.0273. The maximum absolute atomic E-state index is 12.1. The first-order valence-corrected chi connectivity index (χ1v) is 5.96. The first kappa shape index (κ1) is 11.5. The second kappa shape index (κ2) is 4.57. The molecule has 0 saturated heterocycles. The molecule has 2 heterocycles. The molecule has 19 heavy (non-hydrogen) atoms. The van der Waals surface area contributed by atoms with Gasteiger partial charge in [-0.25, -0.2) is 4.98 Å². The van der Waals surface area contributed by atoms with Gasteiger partial charge >= 0.3 is 0 Å². The number of rotatable bonds is 3. The van der Waals surface area contributed by atoms with Crippen molar-refractivity contribution < 1.29 is 9.90 Å². The molecular formula is C15H12N2O2. The molecule has 4 nitrogen and oxygen atoms in total. The van der Waals surface area contributed by atoms with Crippen molar-refractivity contribution >= 4 is 11.4 Å².